The number of nitrogens with zero attached hydrogens (tertiary/aromatic N) is 3. The van der Waals surface area contributed by atoms with Crippen LogP contribution >= 0.6 is 0 Å². The molecular formula is C14H26N4. The van der Waals surface area contributed by atoms with E-state index in [4.69, 9.17) is 5.73 Å². The van der Waals surface area contributed by atoms with Gasteiger partial charge in [0.25, 0.3) is 0 Å². The Labute approximate surface area is 110 Å². The zero-order chi connectivity index (χ0) is 13.3. The molecule has 1 aliphatic rings. The Morgan fingerprint density at radius 3 is 2.72 bits per heavy atom. The fourth-order valence-electron chi connectivity index (χ4n) is 2.68. The molecule has 4 nitrogen and oxygen atoms in total. The first-order valence-electron chi connectivity index (χ1n) is 6.96. The molecule has 1 fully saturated rings. The van der Waals surface area contributed by atoms with Crippen LogP contribution in [0.1, 0.15) is 45.0 Å². The third kappa shape index (κ3) is 2.75. The van der Waals surface area contributed by atoms with Crippen LogP contribution in [0.4, 0.5) is 0 Å². The Balaban J connectivity index is 2.09. The first-order valence-corrected chi connectivity index (χ1v) is 6.96. The summed E-state index contributed by atoms with van der Waals surface area (Å²) in [6.45, 7) is 8.49. The third-order valence-corrected chi connectivity index (χ3v) is 4.15. The van der Waals surface area contributed by atoms with Gasteiger partial charge in [-0.2, -0.15) is 0 Å². The maximum absolute atomic E-state index is 5.98. The molecule has 2 rings (SSSR count). The molecule has 18 heavy (non-hydrogen) atoms. The molecule has 0 aliphatic heterocycles. The number of likely N-dealkylation sites (N-methyl/N-ethyl adjacent to an activating group) is 1. The predicted molar refractivity (Wildman–Crippen MR) is 74.3 cm³/mol. The minimum Gasteiger partial charge on any atom is -0.331 e. The zero-order valence-electron chi connectivity index (χ0n) is 12.0. The Bertz CT molecular complexity index is 385. The van der Waals surface area contributed by atoms with Crippen molar-refractivity contribution in [3.8, 4) is 0 Å². The normalized spacial score (nSPS) is 24.8. The van der Waals surface area contributed by atoms with Crippen molar-refractivity contribution in [1.82, 2.24) is 14.5 Å². The highest BCUT2D eigenvalue weighted by Gasteiger charge is 2.35. The van der Waals surface area contributed by atoms with Gasteiger partial charge >= 0.3 is 0 Å². The summed E-state index contributed by atoms with van der Waals surface area (Å²) in [5.41, 5.74) is 7.22. The number of imidazole rings is 1. The van der Waals surface area contributed by atoms with E-state index in [1.54, 1.807) is 0 Å². The average molecular weight is 250 g/mol. The number of nitrogens with two attached hydrogens (primary N) is 1. The Hall–Kier alpha value is -0.870. The highest BCUT2D eigenvalue weighted by atomic mass is 15.2. The smallest absolute Gasteiger partial charge is 0.0951 e. The largest absolute Gasteiger partial charge is 0.331 e. The van der Waals surface area contributed by atoms with Crippen LogP contribution in [-0.2, 0) is 0 Å². The van der Waals surface area contributed by atoms with E-state index in [9.17, 15) is 0 Å². The lowest BCUT2D eigenvalue weighted by molar-refractivity contribution is 0.226. The molecule has 0 radical (unpaired) electrons. The Morgan fingerprint density at radius 1 is 1.56 bits per heavy atom. The van der Waals surface area contributed by atoms with Crippen LogP contribution in [0.15, 0.2) is 12.5 Å². The van der Waals surface area contributed by atoms with Gasteiger partial charge in [-0.25, -0.2) is 4.98 Å². The highest BCUT2D eigenvalue weighted by Crippen LogP contribution is 2.39. The molecule has 1 aromatic rings. The zero-order valence-corrected chi connectivity index (χ0v) is 12.0. The van der Waals surface area contributed by atoms with Crippen LogP contribution in [0.5, 0.6) is 0 Å². The van der Waals surface area contributed by atoms with Crippen molar-refractivity contribution in [3.63, 3.8) is 0 Å². The van der Waals surface area contributed by atoms with Crippen LogP contribution in [0.2, 0.25) is 0 Å². The molecule has 0 saturated heterocycles. The topological polar surface area (TPSA) is 47.1 Å². The Kier molecular flexibility index (Phi) is 4.07. The van der Waals surface area contributed by atoms with Crippen molar-refractivity contribution in [2.75, 3.05) is 20.1 Å². The van der Waals surface area contributed by atoms with Gasteiger partial charge in [-0.15, -0.1) is 0 Å². The minimum absolute atomic E-state index is 0.280. The summed E-state index contributed by atoms with van der Waals surface area (Å²) in [6.07, 6.45) is 5.24. The molecule has 1 aliphatic carbocycles. The highest BCUT2D eigenvalue weighted by molar-refractivity contribution is 5.08. The van der Waals surface area contributed by atoms with Gasteiger partial charge in [0.2, 0.25) is 0 Å². The van der Waals surface area contributed by atoms with Gasteiger partial charge in [0.05, 0.1) is 18.1 Å². The second-order valence-corrected chi connectivity index (χ2v) is 5.98. The first kappa shape index (κ1) is 13.6. The monoisotopic (exact) mass is 250 g/mol. The van der Waals surface area contributed by atoms with Gasteiger partial charge in [-0.3, -0.25) is 4.90 Å². The third-order valence-electron chi connectivity index (χ3n) is 4.15. The van der Waals surface area contributed by atoms with Crippen LogP contribution in [0.3, 0.4) is 0 Å². The molecular weight excluding hydrogens is 224 g/mol. The molecule has 0 amide bonds. The summed E-state index contributed by atoms with van der Waals surface area (Å²) < 4.78 is 2.23. The molecule has 1 heterocycles. The summed E-state index contributed by atoms with van der Waals surface area (Å²) in [7, 11) is 2.18. The van der Waals surface area contributed by atoms with E-state index in [0.717, 1.165) is 18.4 Å². The number of hydrogen-bond donors (Lipinski definition) is 1. The molecule has 0 bridgehead atoms. The maximum atomic E-state index is 5.98. The van der Waals surface area contributed by atoms with Crippen LogP contribution in [-0.4, -0.2) is 34.6 Å². The van der Waals surface area contributed by atoms with E-state index in [0.29, 0.717) is 12.6 Å². The van der Waals surface area contributed by atoms with Crippen molar-refractivity contribution < 1.29 is 0 Å². The van der Waals surface area contributed by atoms with Gasteiger partial charge < -0.3 is 10.3 Å². The van der Waals surface area contributed by atoms with Crippen molar-refractivity contribution in [2.24, 2.45) is 17.6 Å². The molecule has 3 unspecified atom stereocenters. The van der Waals surface area contributed by atoms with E-state index in [1.165, 1.54) is 12.1 Å². The Morgan fingerprint density at radius 2 is 2.22 bits per heavy atom. The van der Waals surface area contributed by atoms with Gasteiger partial charge in [-0.05, 0) is 39.2 Å². The summed E-state index contributed by atoms with van der Waals surface area (Å²) >= 11 is 0. The lowest BCUT2D eigenvalue weighted by Crippen LogP contribution is -2.34. The number of hydrogen-bond acceptors (Lipinski definition) is 3. The molecule has 0 spiro atoms. The van der Waals surface area contributed by atoms with Crippen molar-refractivity contribution in [3.05, 3.63) is 18.2 Å². The number of rotatable bonds is 6. The molecule has 102 valence electrons. The van der Waals surface area contributed by atoms with E-state index in [-0.39, 0.29) is 6.04 Å². The fraction of sp³-hybridized carbons (Fsp3) is 0.786. The summed E-state index contributed by atoms with van der Waals surface area (Å²) in [6, 6.07) is 0.715. The van der Waals surface area contributed by atoms with Gasteiger partial charge in [0.1, 0.15) is 0 Å². The van der Waals surface area contributed by atoms with Crippen molar-refractivity contribution in [2.45, 2.75) is 39.3 Å². The predicted octanol–water partition coefficient (Wildman–Crippen LogP) is 2.05. The maximum Gasteiger partial charge on any atom is 0.0951 e. The van der Waals surface area contributed by atoms with Crippen molar-refractivity contribution in [1.29, 1.82) is 0 Å². The van der Waals surface area contributed by atoms with Crippen molar-refractivity contribution >= 4 is 0 Å². The molecule has 1 aromatic heterocycles. The van der Waals surface area contributed by atoms with E-state index < -0.39 is 0 Å². The van der Waals surface area contributed by atoms with E-state index >= 15 is 0 Å². The molecule has 2 N–H and O–H groups in total. The van der Waals surface area contributed by atoms with Gasteiger partial charge in [0.15, 0.2) is 0 Å². The first-order chi connectivity index (χ1) is 8.54. The standard InChI is InChI=1S/C14H26N4/c1-10(2)18-9-16-7-14(18)13(6-15)17(4)8-12-5-11(12)3/h7,9-13H,5-6,8,15H2,1-4H3. The SMILES string of the molecule is CC1CC1CN(C)C(CN)c1cncn1C(C)C. The molecule has 3 atom stereocenters. The summed E-state index contributed by atoms with van der Waals surface area (Å²) in [5.74, 6) is 1.75. The minimum atomic E-state index is 0.280. The number of aromatic nitrogens is 2. The lowest BCUT2D eigenvalue weighted by Gasteiger charge is -2.28. The second kappa shape index (κ2) is 5.41. The van der Waals surface area contributed by atoms with Crippen LogP contribution in [0.25, 0.3) is 0 Å². The van der Waals surface area contributed by atoms with Gasteiger partial charge in [-0.1, -0.05) is 6.92 Å². The molecule has 0 aromatic carbocycles. The van der Waals surface area contributed by atoms with E-state index in [1.807, 2.05) is 12.5 Å². The lowest BCUT2D eigenvalue weighted by atomic mass is 10.1. The van der Waals surface area contributed by atoms with Gasteiger partial charge in [0, 0.05) is 25.3 Å². The average Bonchev–Trinajstić information content (AvgIpc) is 2.81. The quantitative estimate of drug-likeness (QED) is 0.840. The molecule has 1 saturated carbocycles. The fourth-order valence-corrected chi connectivity index (χ4v) is 2.68. The van der Waals surface area contributed by atoms with Crippen LogP contribution < -0.4 is 5.73 Å². The summed E-state index contributed by atoms with van der Waals surface area (Å²) in [4.78, 5) is 6.68. The molecule has 4 heteroatoms. The summed E-state index contributed by atoms with van der Waals surface area (Å²) in [5, 5.41) is 0. The second-order valence-electron chi connectivity index (χ2n) is 5.98. The van der Waals surface area contributed by atoms with Crippen LogP contribution in [0, 0.1) is 11.8 Å². The van der Waals surface area contributed by atoms with E-state index in [2.05, 4.69) is 42.3 Å².